The van der Waals surface area contributed by atoms with Gasteiger partial charge in [0.15, 0.2) is 0 Å². The van der Waals surface area contributed by atoms with Crippen LogP contribution in [0.4, 0.5) is 0 Å². The molecule has 0 aliphatic rings. The Bertz CT molecular complexity index is 1460. The van der Waals surface area contributed by atoms with E-state index in [-0.39, 0.29) is 5.78 Å². The van der Waals surface area contributed by atoms with Gasteiger partial charge in [-0.1, -0.05) is 182 Å². The minimum Gasteiger partial charge on any atom is -0.404 e. The monoisotopic (exact) mass is 634 g/mol. The van der Waals surface area contributed by atoms with Crippen LogP contribution >= 0.6 is 0 Å². The average Bonchev–Trinajstić information content (AvgIpc) is 3.14. The molecule has 0 heterocycles. The number of hydrogen-bond donors (Lipinski definition) is 0. The Labute approximate surface area is 274 Å². The Morgan fingerprint density at radius 2 is 0.543 bits per heavy atom. The first kappa shape index (κ1) is 31.3. The van der Waals surface area contributed by atoms with Gasteiger partial charge in [0.2, 0.25) is 0 Å². The van der Waals surface area contributed by atoms with Crippen LogP contribution in [0.25, 0.3) is 0 Å². The van der Waals surface area contributed by atoms with E-state index in [2.05, 4.69) is 146 Å². The number of Topliss-reactive ketones (excluding diaryl/α,β-unsaturated/α-hetero) is 1. The van der Waals surface area contributed by atoms with E-state index >= 15 is 0 Å². The molecule has 0 unspecified atom stereocenters. The molecule has 5 heteroatoms. The summed E-state index contributed by atoms with van der Waals surface area (Å²) < 4.78 is 14.0. The summed E-state index contributed by atoms with van der Waals surface area (Å²) in [4.78, 5) is 13.5. The van der Waals surface area contributed by atoms with Gasteiger partial charge in [0.05, 0.1) is 0 Å². The molecule has 0 saturated carbocycles. The first-order valence-corrected chi connectivity index (χ1v) is 19.7. The summed E-state index contributed by atoms with van der Waals surface area (Å²) in [5, 5.41) is 6.96. The van der Waals surface area contributed by atoms with E-state index in [1.165, 1.54) is 0 Å². The van der Waals surface area contributed by atoms with Crippen molar-refractivity contribution in [3.63, 3.8) is 0 Å². The van der Waals surface area contributed by atoms with Gasteiger partial charge >= 0.3 is 0 Å². The highest BCUT2D eigenvalue weighted by Gasteiger charge is 2.43. The predicted molar refractivity (Wildman–Crippen MR) is 194 cm³/mol. The Balaban J connectivity index is 1.23. The van der Waals surface area contributed by atoms with E-state index in [4.69, 9.17) is 8.85 Å². The second-order valence-electron chi connectivity index (χ2n) is 11.3. The van der Waals surface area contributed by atoms with Gasteiger partial charge < -0.3 is 8.85 Å². The summed E-state index contributed by atoms with van der Waals surface area (Å²) in [6.07, 6.45) is 0.641. The van der Waals surface area contributed by atoms with Crippen LogP contribution in [0.3, 0.4) is 0 Å². The van der Waals surface area contributed by atoms with Crippen LogP contribution < -0.4 is 31.1 Å². The maximum atomic E-state index is 13.5. The highest BCUT2D eigenvalue weighted by Crippen LogP contribution is 2.13. The molecule has 228 valence electrons. The number of ketones is 1. The molecule has 0 saturated heterocycles. The van der Waals surface area contributed by atoms with Crippen molar-refractivity contribution < 1.29 is 13.6 Å². The van der Waals surface area contributed by atoms with E-state index < -0.39 is 16.6 Å². The van der Waals surface area contributed by atoms with Crippen LogP contribution in [0.2, 0.25) is 0 Å². The molecule has 0 bridgehead atoms. The topological polar surface area (TPSA) is 35.5 Å². The Morgan fingerprint density at radius 1 is 0.348 bits per heavy atom. The van der Waals surface area contributed by atoms with E-state index in [1.807, 2.05) is 36.4 Å². The van der Waals surface area contributed by atoms with Gasteiger partial charge in [0.1, 0.15) is 5.78 Å². The van der Waals surface area contributed by atoms with Crippen LogP contribution in [0.5, 0.6) is 0 Å². The second-order valence-corrected chi connectivity index (χ2v) is 18.1. The largest absolute Gasteiger partial charge is 0.404 e. The molecule has 0 aromatic heterocycles. The number of carbonyl (C=O) groups excluding carboxylic acids is 1. The van der Waals surface area contributed by atoms with E-state index in [1.54, 1.807) is 0 Å². The van der Waals surface area contributed by atoms with Gasteiger partial charge in [-0.3, -0.25) is 4.79 Å². The molecule has 0 aliphatic heterocycles. The Kier molecular flexibility index (Phi) is 10.3. The molecular weight excluding hydrogens is 597 g/mol. The summed E-state index contributed by atoms with van der Waals surface area (Å²) in [7, 11) is -5.72. The van der Waals surface area contributed by atoms with Crippen LogP contribution in [-0.4, -0.2) is 35.6 Å². The molecular formula is C41H38O3Si2. The maximum absolute atomic E-state index is 13.5. The van der Waals surface area contributed by atoms with Crippen molar-refractivity contribution in [3.05, 3.63) is 182 Å². The third kappa shape index (κ3) is 6.64. The molecule has 6 aromatic carbocycles. The fourth-order valence-corrected chi connectivity index (χ4v) is 14.1. The lowest BCUT2D eigenvalue weighted by Gasteiger charge is -2.33. The zero-order chi connectivity index (χ0) is 31.5. The lowest BCUT2D eigenvalue weighted by Crippen LogP contribution is -2.69. The van der Waals surface area contributed by atoms with E-state index in [9.17, 15) is 4.79 Å². The first-order chi connectivity index (χ1) is 22.7. The van der Waals surface area contributed by atoms with E-state index in [0.29, 0.717) is 26.1 Å². The van der Waals surface area contributed by atoms with Crippen LogP contribution in [-0.2, 0) is 13.6 Å². The highest BCUT2D eigenvalue weighted by molar-refractivity contribution is 7.07. The lowest BCUT2D eigenvalue weighted by molar-refractivity contribution is -0.120. The summed E-state index contributed by atoms with van der Waals surface area (Å²) >= 11 is 0. The number of carbonyl (C=O) groups is 1. The van der Waals surface area contributed by atoms with Gasteiger partial charge in [0.25, 0.3) is 16.6 Å². The highest BCUT2D eigenvalue weighted by atomic mass is 28.4. The Morgan fingerprint density at radius 3 is 0.739 bits per heavy atom. The Hall–Kier alpha value is -4.66. The molecule has 6 rings (SSSR count). The fraction of sp³-hybridized carbons (Fsp3) is 0.0976. The van der Waals surface area contributed by atoms with Gasteiger partial charge in [-0.25, -0.2) is 0 Å². The van der Waals surface area contributed by atoms with E-state index in [0.717, 1.165) is 31.1 Å². The second kappa shape index (κ2) is 15.1. The van der Waals surface area contributed by atoms with Crippen molar-refractivity contribution in [2.24, 2.45) is 0 Å². The molecule has 0 radical (unpaired) electrons. The van der Waals surface area contributed by atoms with Crippen LogP contribution in [0.1, 0.15) is 12.8 Å². The van der Waals surface area contributed by atoms with Gasteiger partial charge in [-0.15, -0.1) is 0 Å². The molecule has 0 amide bonds. The third-order valence-electron chi connectivity index (χ3n) is 8.48. The molecule has 0 N–H and O–H groups in total. The minimum absolute atomic E-state index is 0.133. The molecule has 46 heavy (non-hydrogen) atoms. The van der Waals surface area contributed by atoms with Gasteiger partial charge in [-0.05, 0) is 31.1 Å². The minimum atomic E-state index is -2.86. The first-order valence-electron chi connectivity index (χ1n) is 15.9. The third-order valence-corrected chi connectivity index (χ3v) is 16.6. The van der Waals surface area contributed by atoms with Crippen molar-refractivity contribution in [1.82, 2.24) is 0 Å². The lowest BCUT2D eigenvalue weighted by atomic mass is 10.2. The fourth-order valence-electron chi connectivity index (χ4n) is 6.30. The standard InChI is InChI=1S/C41H38O3Si2/c42-35(31-33-43-45(36-19-7-1-8-20-36,37-21-9-2-10-22-37)38-23-11-3-12-24-38)32-34-44-46(39-25-13-4-14-26-39,40-27-15-5-16-28-40)41-29-17-6-18-30-41/h1-30H,31-34H2. The zero-order valence-electron chi connectivity index (χ0n) is 25.9. The van der Waals surface area contributed by atoms with Gasteiger partial charge in [-0.2, -0.15) is 0 Å². The van der Waals surface area contributed by atoms with Crippen molar-refractivity contribution in [2.45, 2.75) is 12.8 Å². The molecule has 0 aliphatic carbocycles. The molecule has 3 nitrogen and oxygen atoms in total. The zero-order valence-corrected chi connectivity index (χ0v) is 27.9. The number of rotatable bonds is 14. The smallest absolute Gasteiger partial charge is 0.288 e. The quantitative estimate of drug-likeness (QED) is 0.129. The van der Waals surface area contributed by atoms with Gasteiger partial charge in [0, 0.05) is 26.1 Å². The average molecular weight is 635 g/mol. The van der Waals surface area contributed by atoms with Crippen molar-refractivity contribution >= 4 is 53.5 Å². The van der Waals surface area contributed by atoms with Crippen LogP contribution in [0, 0.1) is 0 Å². The molecule has 6 aromatic rings. The molecule has 0 spiro atoms. The molecule has 0 fully saturated rings. The number of benzene rings is 6. The number of hydrogen-bond acceptors (Lipinski definition) is 3. The molecule has 0 atom stereocenters. The van der Waals surface area contributed by atoms with Crippen LogP contribution in [0.15, 0.2) is 182 Å². The summed E-state index contributed by atoms with van der Waals surface area (Å²) in [5.41, 5.74) is 0. The summed E-state index contributed by atoms with van der Waals surface area (Å²) in [6, 6.07) is 62.9. The summed E-state index contributed by atoms with van der Waals surface area (Å²) in [5.74, 6) is 0.133. The van der Waals surface area contributed by atoms with Crippen molar-refractivity contribution in [1.29, 1.82) is 0 Å². The van der Waals surface area contributed by atoms with Crippen molar-refractivity contribution in [2.75, 3.05) is 13.2 Å². The SMILES string of the molecule is O=C(CCO[Si](c1ccccc1)(c1ccccc1)c1ccccc1)CCO[Si](c1ccccc1)(c1ccccc1)c1ccccc1. The normalized spacial score (nSPS) is 11.7. The predicted octanol–water partition coefficient (Wildman–Crippen LogP) is 4.70. The van der Waals surface area contributed by atoms with Crippen molar-refractivity contribution in [3.8, 4) is 0 Å². The summed E-state index contributed by atoms with van der Waals surface area (Å²) in [6.45, 7) is 0.671. The maximum Gasteiger partial charge on any atom is 0.288 e.